The van der Waals surface area contributed by atoms with Crippen LogP contribution >= 0.6 is 0 Å². The van der Waals surface area contributed by atoms with Crippen molar-refractivity contribution in [3.63, 3.8) is 0 Å². The van der Waals surface area contributed by atoms with Crippen LogP contribution in [0.2, 0.25) is 0 Å². The quantitative estimate of drug-likeness (QED) is 0.263. The van der Waals surface area contributed by atoms with Gasteiger partial charge in [0, 0.05) is 11.1 Å². The van der Waals surface area contributed by atoms with Gasteiger partial charge in [-0.2, -0.15) is 9.78 Å². The average Bonchev–Trinajstić information content (AvgIpc) is 3.47. The smallest absolute Gasteiger partial charge is 0.294 e. The van der Waals surface area contributed by atoms with Crippen LogP contribution in [0.25, 0.3) is 17.1 Å². The van der Waals surface area contributed by atoms with Gasteiger partial charge >= 0.3 is 0 Å². The number of phenols is 1. The number of benzene rings is 2. The molecule has 2 aromatic carbocycles. The second-order valence-electron chi connectivity index (χ2n) is 7.23. The molecule has 4 N–H and O–H groups in total. The molecule has 0 bridgehead atoms. The Morgan fingerprint density at radius 2 is 2.03 bits per heavy atom. The molecular weight excluding hydrogens is 440 g/mol. The third-order valence-corrected chi connectivity index (χ3v) is 4.77. The van der Waals surface area contributed by atoms with Gasteiger partial charge < -0.3 is 15.6 Å². The number of amides is 1. The lowest BCUT2D eigenvalue weighted by Crippen LogP contribution is -2.21. The zero-order chi connectivity index (χ0) is 24.1. The number of anilines is 1. The number of carbonyl (C=O) groups excluding carboxylic acids is 1. The lowest BCUT2D eigenvalue weighted by molar-refractivity contribution is 0.0950. The molecule has 0 atom stereocenters. The van der Waals surface area contributed by atoms with Gasteiger partial charge in [-0.1, -0.05) is 24.3 Å². The first-order valence-corrected chi connectivity index (χ1v) is 10.4. The number of phenolic OH excluding ortho intramolecular Hbond substituents is 1. The number of carbonyl (C=O) groups is 1. The Morgan fingerprint density at radius 1 is 1.24 bits per heavy atom. The van der Waals surface area contributed by atoms with Gasteiger partial charge in [-0.05, 0) is 60.1 Å². The largest absolute Gasteiger partial charge is 0.508 e. The summed E-state index contributed by atoms with van der Waals surface area (Å²) >= 11 is 0. The summed E-state index contributed by atoms with van der Waals surface area (Å²) < 4.78 is 11.6. The third kappa shape index (κ3) is 4.70. The van der Waals surface area contributed by atoms with Crippen molar-refractivity contribution in [1.82, 2.24) is 30.7 Å². The second-order valence-corrected chi connectivity index (χ2v) is 7.23. The summed E-state index contributed by atoms with van der Waals surface area (Å²) in [7, 11) is 0. The van der Waals surface area contributed by atoms with Crippen molar-refractivity contribution >= 4 is 17.4 Å². The summed E-state index contributed by atoms with van der Waals surface area (Å²) in [5.74, 6) is 0.242. The molecule has 1 amide bonds. The Morgan fingerprint density at radius 3 is 2.71 bits per heavy atom. The second kappa shape index (κ2) is 9.81. The van der Waals surface area contributed by atoms with Crippen LogP contribution in [0, 0.1) is 0 Å². The molecule has 4 rings (SSSR count). The summed E-state index contributed by atoms with van der Waals surface area (Å²) in [6.07, 6.45) is 0.879. The van der Waals surface area contributed by atoms with Crippen molar-refractivity contribution in [2.24, 2.45) is 5.10 Å². The summed E-state index contributed by atoms with van der Waals surface area (Å²) in [6.45, 7) is 4.30. The molecule has 0 aliphatic rings. The maximum Gasteiger partial charge on any atom is 0.294 e. The van der Waals surface area contributed by atoms with Crippen LogP contribution in [0.5, 0.6) is 11.5 Å². The molecule has 2 heterocycles. The molecule has 0 fully saturated rings. The molecule has 0 spiro atoms. The molecule has 0 saturated carbocycles. The van der Waals surface area contributed by atoms with Crippen LogP contribution in [0.15, 0.2) is 58.3 Å². The monoisotopic (exact) mass is 462 g/mol. The number of nitrogen functional groups attached to an aromatic ring is 1. The first-order valence-electron chi connectivity index (χ1n) is 10.4. The molecule has 0 radical (unpaired) electrons. The Kier molecular flexibility index (Phi) is 6.48. The number of nitrogens with one attached hydrogen (secondary N) is 1. The molecule has 0 saturated heterocycles. The predicted molar refractivity (Wildman–Crippen MR) is 123 cm³/mol. The van der Waals surface area contributed by atoms with E-state index < -0.39 is 5.91 Å². The van der Waals surface area contributed by atoms with Crippen molar-refractivity contribution < 1.29 is 19.3 Å². The van der Waals surface area contributed by atoms with E-state index in [1.807, 2.05) is 6.92 Å². The van der Waals surface area contributed by atoms with E-state index >= 15 is 0 Å². The van der Waals surface area contributed by atoms with Gasteiger partial charge in [0.15, 0.2) is 5.69 Å². The zero-order valence-electron chi connectivity index (χ0n) is 18.5. The first kappa shape index (κ1) is 22.5. The predicted octanol–water partition coefficient (Wildman–Crippen LogP) is 2.55. The zero-order valence-corrected chi connectivity index (χ0v) is 18.5. The minimum Gasteiger partial charge on any atom is -0.508 e. The molecular formula is C22H22N8O4. The standard InChI is InChI=1S/C22H22N8O4/c1-3-11-33-17-9-7-14(8-10-17)19-18(25-29-30(19)21-20(23)27-34-28-21)22(32)26-24-13(2)15-5-4-6-16(31)12-15/h4-10,12,31H,3,11H2,1-2H3,(H2,23,27)(H,26,32)/b24-13-. The molecule has 2 aromatic heterocycles. The maximum atomic E-state index is 13.0. The lowest BCUT2D eigenvalue weighted by atomic mass is 10.1. The highest BCUT2D eigenvalue weighted by Crippen LogP contribution is 2.28. The number of hydrazone groups is 1. The van der Waals surface area contributed by atoms with E-state index in [0.29, 0.717) is 34.9 Å². The fourth-order valence-corrected chi connectivity index (χ4v) is 3.09. The summed E-state index contributed by atoms with van der Waals surface area (Å²) in [4.78, 5) is 13.0. The maximum absolute atomic E-state index is 13.0. The van der Waals surface area contributed by atoms with Crippen molar-refractivity contribution in [2.75, 3.05) is 12.3 Å². The Balaban J connectivity index is 1.68. The number of aromatic hydroxyl groups is 1. The van der Waals surface area contributed by atoms with Crippen LogP contribution in [0.3, 0.4) is 0 Å². The van der Waals surface area contributed by atoms with Gasteiger partial charge in [0.05, 0.1) is 12.3 Å². The fourth-order valence-electron chi connectivity index (χ4n) is 3.09. The molecule has 0 aliphatic carbocycles. The van der Waals surface area contributed by atoms with Crippen molar-refractivity contribution in [3.8, 4) is 28.6 Å². The van der Waals surface area contributed by atoms with E-state index in [-0.39, 0.29) is 23.1 Å². The number of aromatic nitrogens is 5. The van der Waals surface area contributed by atoms with Crippen LogP contribution in [0.1, 0.15) is 36.3 Å². The SMILES string of the molecule is CCCOc1ccc(-c2c(C(=O)N/N=C(/C)c3cccc(O)c3)nnn2-c2nonc2N)cc1. The van der Waals surface area contributed by atoms with Gasteiger partial charge in [-0.3, -0.25) is 4.79 Å². The van der Waals surface area contributed by atoms with Gasteiger partial charge in [0.25, 0.3) is 5.91 Å². The van der Waals surface area contributed by atoms with Crippen molar-refractivity contribution in [2.45, 2.75) is 20.3 Å². The first-order chi connectivity index (χ1) is 16.5. The number of nitrogens with zero attached hydrogens (tertiary/aromatic N) is 6. The number of ether oxygens (including phenoxy) is 1. The van der Waals surface area contributed by atoms with Gasteiger partial charge in [0.2, 0.25) is 11.6 Å². The van der Waals surface area contributed by atoms with E-state index in [9.17, 15) is 9.90 Å². The Bertz CT molecular complexity index is 1330. The highest BCUT2D eigenvalue weighted by Gasteiger charge is 2.25. The van der Waals surface area contributed by atoms with Gasteiger partial charge in [-0.25, -0.2) is 10.1 Å². The highest BCUT2D eigenvalue weighted by molar-refractivity contribution is 6.02. The van der Waals surface area contributed by atoms with Gasteiger partial charge in [-0.15, -0.1) is 5.10 Å². The van der Waals surface area contributed by atoms with E-state index in [4.69, 9.17) is 10.5 Å². The number of rotatable bonds is 8. The summed E-state index contributed by atoms with van der Waals surface area (Å²) in [5, 5.41) is 29.2. The minimum atomic E-state index is -0.609. The Hall–Kier alpha value is -4.74. The van der Waals surface area contributed by atoms with E-state index in [2.05, 4.69) is 35.8 Å². The topological polar surface area (TPSA) is 167 Å². The van der Waals surface area contributed by atoms with Crippen LogP contribution in [0.4, 0.5) is 5.82 Å². The van der Waals surface area contributed by atoms with E-state index in [1.165, 1.54) is 10.7 Å². The average molecular weight is 462 g/mol. The molecule has 34 heavy (non-hydrogen) atoms. The fraction of sp³-hybridized carbons (Fsp3) is 0.182. The van der Waals surface area contributed by atoms with Crippen LogP contribution < -0.4 is 15.9 Å². The number of hydrogen-bond acceptors (Lipinski definition) is 10. The molecule has 12 nitrogen and oxygen atoms in total. The van der Waals surface area contributed by atoms with Crippen molar-refractivity contribution in [1.29, 1.82) is 0 Å². The molecule has 0 aliphatic heterocycles. The Labute approximate surface area is 194 Å². The highest BCUT2D eigenvalue weighted by atomic mass is 16.6. The number of nitrogens with two attached hydrogens (primary N) is 1. The van der Waals surface area contributed by atoms with Crippen molar-refractivity contribution in [3.05, 3.63) is 59.8 Å². The van der Waals surface area contributed by atoms with E-state index in [0.717, 1.165) is 6.42 Å². The molecule has 0 unspecified atom stereocenters. The molecule has 12 heteroatoms. The molecule has 4 aromatic rings. The normalized spacial score (nSPS) is 11.4. The number of hydrogen-bond donors (Lipinski definition) is 3. The summed E-state index contributed by atoms with van der Waals surface area (Å²) in [6, 6.07) is 13.6. The van der Waals surface area contributed by atoms with Gasteiger partial charge in [0.1, 0.15) is 17.2 Å². The van der Waals surface area contributed by atoms with E-state index in [1.54, 1.807) is 49.4 Å². The minimum absolute atomic E-state index is 0.0150. The van der Waals surface area contributed by atoms with Crippen LogP contribution in [-0.4, -0.2) is 48.6 Å². The third-order valence-electron chi connectivity index (χ3n) is 4.77. The molecule has 174 valence electrons. The van der Waals surface area contributed by atoms with Crippen LogP contribution in [-0.2, 0) is 0 Å². The summed E-state index contributed by atoms with van der Waals surface area (Å²) in [5.41, 5.74) is 10.4. The lowest BCUT2D eigenvalue weighted by Gasteiger charge is -2.08.